The highest BCUT2D eigenvalue weighted by Crippen LogP contribution is 2.29. The van der Waals surface area contributed by atoms with Gasteiger partial charge in [0.25, 0.3) is 5.82 Å². The first-order valence-electron chi connectivity index (χ1n) is 9.19. The van der Waals surface area contributed by atoms with Crippen molar-refractivity contribution in [1.82, 2.24) is 9.47 Å². The number of allylic oxidation sites excluding steroid dienone is 2. The Kier molecular flexibility index (Phi) is 6.96. The van der Waals surface area contributed by atoms with Gasteiger partial charge in [-0.3, -0.25) is 4.79 Å². The number of aromatic nitrogens is 2. The molecule has 150 valence electrons. The van der Waals surface area contributed by atoms with Crippen molar-refractivity contribution in [2.75, 3.05) is 25.4 Å². The van der Waals surface area contributed by atoms with Crippen LogP contribution in [0.1, 0.15) is 19.7 Å². The smallest absolute Gasteiger partial charge is 0.302 e. The average Bonchev–Trinajstić information content (AvgIpc) is 3.20. The number of ether oxygens (including phenoxy) is 1. The molecule has 1 fully saturated rings. The maximum Gasteiger partial charge on any atom is 0.302 e. The van der Waals surface area contributed by atoms with E-state index in [0.717, 1.165) is 35.7 Å². The molecule has 0 amide bonds. The molecule has 1 saturated heterocycles. The van der Waals surface area contributed by atoms with E-state index >= 15 is 0 Å². The minimum atomic E-state index is -0.290. The second kappa shape index (κ2) is 9.25. The molecular formula is C20H24Cl2N3O2S+. The second-order valence-electron chi connectivity index (χ2n) is 6.46. The van der Waals surface area contributed by atoms with Crippen LogP contribution in [0.5, 0.6) is 0 Å². The van der Waals surface area contributed by atoms with Crippen LogP contribution in [0.15, 0.2) is 29.3 Å². The Morgan fingerprint density at radius 1 is 1.36 bits per heavy atom. The summed E-state index contributed by atoms with van der Waals surface area (Å²) in [4.78, 5) is 13.5. The van der Waals surface area contributed by atoms with E-state index in [-0.39, 0.29) is 5.97 Å². The van der Waals surface area contributed by atoms with Crippen molar-refractivity contribution in [3.8, 4) is 0 Å². The minimum absolute atomic E-state index is 0.290. The van der Waals surface area contributed by atoms with Crippen LogP contribution < -0.4 is 4.57 Å². The van der Waals surface area contributed by atoms with Gasteiger partial charge in [-0.2, -0.15) is 0 Å². The maximum atomic E-state index is 11.2. The van der Waals surface area contributed by atoms with Gasteiger partial charge in [0.15, 0.2) is 11.0 Å². The summed E-state index contributed by atoms with van der Waals surface area (Å²) in [7, 11) is 1.99. The van der Waals surface area contributed by atoms with Gasteiger partial charge < -0.3 is 9.64 Å². The summed E-state index contributed by atoms with van der Waals surface area (Å²) < 4.78 is 9.31. The van der Waals surface area contributed by atoms with E-state index in [1.165, 1.54) is 12.0 Å². The molecule has 28 heavy (non-hydrogen) atoms. The van der Waals surface area contributed by atoms with Crippen LogP contribution in [-0.2, 0) is 23.1 Å². The molecular weight excluding hydrogens is 417 g/mol. The first kappa shape index (κ1) is 21.1. The van der Waals surface area contributed by atoms with Gasteiger partial charge in [-0.15, -0.1) is 11.8 Å². The van der Waals surface area contributed by atoms with Crippen LogP contribution >= 0.6 is 35.0 Å². The summed E-state index contributed by atoms with van der Waals surface area (Å²) in [5.41, 5.74) is 1.91. The Balaban J connectivity index is 1.99. The fraction of sp³-hybridized carbons (Fsp3) is 0.400. The number of aryl methyl sites for hydroxylation is 1. The van der Waals surface area contributed by atoms with Crippen LogP contribution in [0.25, 0.3) is 17.1 Å². The van der Waals surface area contributed by atoms with Gasteiger partial charge >= 0.3 is 5.97 Å². The predicted octanol–water partition coefficient (Wildman–Crippen LogP) is 4.26. The number of hydrogen-bond donors (Lipinski definition) is 0. The monoisotopic (exact) mass is 440 g/mol. The van der Waals surface area contributed by atoms with Gasteiger partial charge in [-0.25, -0.2) is 9.13 Å². The zero-order chi connectivity index (χ0) is 20.3. The number of imidazole rings is 1. The molecule has 0 bridgehead atoms. The highest BCUT2D eigenvalue weighted by molar-refractivity contribution is 8.03. The van der Waals surface area contributed by atoms with Crippen molar-refractivity contribution in [2.24, 2.45) is 7.05 Å². The minimum Gasteiger partial charge on any atom is -0.462 e. The molecule has 2 aromatic rings. The van der Waals surface area contributed by atoms with Crippen molar-refractivity contribution in [2.45, 2.75) is 20.4 Å². The number of benzene rings is 1. The molecule has 1 aromatic heterocycles. The van der Waals surface area contributed by atoms with Crippen LogP contribution in [0, 0.1) is 0 Å². The lowest BCUT2D eigenvalue weighted by Crippen LogP contribution is -2.31. The average molecular weight is 441 g/mol. The molecule has 0 radical (unpaired) electrons. The molecule has 0 aliphatic carbocycles. The Bertz CT molecular complexity index is 953. The quantitative estimate of drug-likeness (QED) is 0.496. The Morgan fingerprint density at radius 3 is 2.82 bits per heavy atom. The largest absolute Gasteiger partial charge is 0.462 e. The van der Waals surface area contributed by atoms with E-state index in [1.54, 1.807) is 0 Å². The van der Waals surface area contributed by atoms with Crippen LogP contribution in [0.2, 0.25) is 10.0 Å². The third kappa shape index (κ3) is 4.50. The van der Waals surface area contributed by atoms with Crippen LogP contribution in [-0.4, -0.2) is 40.9 Å². The van der Waals surface area contributed by atoms with E-state index in [1.807, 2.05) is 30.9 Å². The fourth-order valence-corrected chi connectivity index (χ4v) is 4.72. The SMILES string of the molecule is CCN1CCSC1=CC=Cc1n(CCOC(C)=O)c2cc(Cl)c(Cl)cc2[n+]1C. The van der Waals surface area contributed by atoms with Gasteiger partial charge in [-0.05, 0) is 13.0 Å². The number of halogens is 2. The molecule has 0 atom stereocenters. The Morgan fingerprint density at radius 2 is 2.11 bits per heavy atom. The van der Waals surface area contributed by atoms with E-state index in [2.05, 4.69) is 39.2 Å². The first-order chi connectivity index (χ1) is 13.4. The number of nitrogens with zero attached hydrogens (tertiary/aromatic N) is 3. The van der Waals surface area contributed by atoms with Crippen molar-refractivity contribution in [1.29, 1.82) is 0 Å². The van der Waals surface area contributed by atoms with Crippen molar-refractivity contribution in [3.63, 3.8) is 0 Å². The summed E-state index contributed by atoms with van der Waals surface area (Å²) in [5.74, 6) is 1.81. The van der Waals surface area contributed by atoms with Crippen molar-refractivity contribution < 1.29 is 14.1 Å². The molecule has 2 heterocycles. The lowest BCUT2D eigenvalue weighted by molar-refractivity contribution is -0.647. The summed E-state index contributed by atoms with van der Waals surface area (Å²) in [5, 5.41) is 2.30. The van der Waals surface area contributed by atoms with Gasteiger partial charge in [0.2, 0.25) is 0 Å². The topological polar surface area (TPSA) is 38.4 Å². The summed E-state index contributed by atoms with van der Waals surface area (Å²) >= 11 is 14.4. The van der Waals surface area contributed by atoms with Crippen molar-refractivity contribution >= 4 is 58.0 Å². The van der Waals surface area contributed by atoms with Gasteiger partial charge in [0.05, 0.1) is 22.1 Å². The Hall–Kier alpha value is -1.63. The molecule has 0 saturated carbocycles. The van der Waals surface area contributed by atoms with Gasteiger partial charge in [0.1, 0.15) is 13.2 Å². The van der Waals surface area contributed by atoms with E-state index in [0.29, 0.717) is 23.2 Å². The molecule has 0 spiro atoms. The van der Waals surface area contributed by atoms with Crippen LogP contribution in [0.3, 0.4) is 0 Å². The van der Waals surface area contributed by atoms with E-state index in [4.69, 9.17) is 27.9 Å². The van der Waals surface area contributed by atoms with Crippen LogP contribution in [0.4, 0.5) is 0 Å². The number of thioether (sulfide) groups is 1. The van der Waals surface area contributed by atoms with Gasteiger partial charge in [0, 0.05) is 44.0 Å². The number of fused-ring (bicyclic) bond motifs is 1. The third-order valence-corrected chi connectivity index (χ3v) is 6.50. The third-order valence-electron chi connectivity index (χ3n) is 4.70. The molecule has 1 aliphatic rings. The normalized spacial score (nSPS) is 16.0. The molecule has 0 N–H and O–H groups in total. The molecule has 1 aliphatic heterocycles. The zero-order valence-electron chi connectivity index (χ0n) is 16.2. The number of esters is 1. The zero-order valence-corrected chi connectivity index (χ0v) is 18.6. The predicted molar refractivity (Wildman–Crippen MR) is 117 cm³/mol. The molecule has 3 rings (SSSR count). The van der Waals surface area contributed by atoms with E-state index < -0.39 is 0 Å². The number of carbonyl (C=O) groups is 1. The maximum absolute atomic E-state index is 11.2. The lowest BCUT2D eigenvalue weighted by Gasteiger charge is -2.14. The van der Waals surface area contributed by atoms with E-state index in [9.17, 15) is 4.79 Å². The van der Waals surface area contributed by atoms with Crippen molar-refractivity contribution in [3.05, 3.63) is 45.2 Å². The summed E-state index contributed by atoms with van der Waals surface area (Å²) in [6, 6.07) is 3.72. The standard InChI is InChI=1S/C20H24Cl2N3O2S/c1-4-24-9-11-28-20(24)7-5-6-19-23(3)17-12-15(21)16(22)13-18(17)25(19)8-10-27-14(2)26/h5-7,12-13H,4,8-11H2,1-3H3/q+1. The fourth-order valence-electron chi connectivity index (χ4n) is 3.30. The molecule has 1 aromatic carbocycles. The summed E-state index contributed by atoms with van der Waals surface area (Å²) in [6.45, 7) is 6.51. The Labute approximate surface area is 179 Å². The number of hydrogen-bond acceptors (Lipinski definition) is 4. The highest BCUT2D eigenvalue weighted by Gasteiger charge is 2.22. The highest BCUT2D eigenvalue weighted by atomic mass is 35.5. The van der Waals surface area contributed by atoms with Gasteiger partial charge in [-0.1, -0.05) is 29.3 Å². The number of rotatable bonds is 6. The number of carbonyl (C=O) groups excluding carboxylic acids is 1. The molecule has 5 nitrogen and oxygen atoms in total. The lowest BCUT2D eigenvalue weighted by atomic mass is 10.3. The molecule has 8 heteroatoms. The molecule has 0 unspecified atom stereocenters. The first-order valence-corrected chi connectivity index (χ1v) is 10.9. The second-order valence-corrected chi connectivity index (χ2v) is 8.39. The summed E-state index contributed by atoms with van der Waals surface area (Å²) in [6.07, 6.45) is 6.28.